The molecule has 1 aromatic carbocycles. The van der Waals surface area contributed by atoms with Crippen LogP contribution in [-0.2, 0) is 0 Å². The van der Waals surface area contributed by atoms with Crippen molar-refractivity contribution >= 4 is 28.1 Å². The summed E-state index contributed by atoms with van der Waals surface area (Å²) in [4.78, 5) is 16.3. The number of nitrogens with zero attached hydrogens (tertiary/aromatic N) is 1. The number of aromatic nitrogens is 1. The number of thiazole rings is 1. The topological polar surface area (TPSA) is 54.0 Å². The molecule has 1 aromatic heterocycles. The Morgan fingerprint density at radius 2 is 2.14 bits per heavy atom. The van der Waals surface area contributed by atoms with Gasteiger partial charge in [-0.1, -0.05) is 24.6 Å². The van der Waals surface area contributed by atoms with Crippen molar-refractivity contribution in [3.63, 3.8) is 0 Å². The summed E-state index contributed by atoms with van der Waals surface area (Å²) in [5.41, 5.74) is 3.87. The summed E-state index contributed by atoms with van der Waals surface area (Å²) in [5.74, 6) is -0.116. The molecule has 21 heavy (non-hydrogen) atoms. The summed E-state index contributed by atoms with van der Waals surface area (Å²) in [7, 11) is 0. The summed E-state index contributed by atoms with van der Waals surface area (Å²) < 4.78 is 0. The molecule has 0 aliphatic carbocycles. The number of benzene rings is 1. The Bertz CT molecular complexity index is 636. The van der Waals surface area contributed by atoms with Crippen LogP contribution < -0.4 is 10.6 Å². The molecule has 112 valence electrons. The van der Waals surface area contributed by atoms with Crippen LogP contribution in [0.5, 0.6) is 0 Å². The number of rotatable bonds is 5. The normalized spacial score (nSPS) is 12.0. The van der Waals surface area contributed by atoms with Crippen LogP contribution in [0, 0.1) is 13.8 Å². The first kappa shape index (κ1) is 15.5. The van der Waals surface area contributed by atoms with Gasteiger partial charge < -0.3 is 10.6 Å². The summed E-state index contributed by atoms with van der Waals surface area (Å²) in [6, 6.07) is 6.37. The van der Waals surface area contributed by atoms with Crippen molar-refractivity contribution in [1.82, 2.24) is 10.3 Å². The number of amides is 1. The number of hydrogen-bond acceptors (Lipinski definition) is 4. The first-order valence-corrected chi connectivity index (χ1v) is 7.98. The lowest BCUT2D eigenvalue weighted by molar-refractivity contribution is 0.0935. The summed E-state index contributed by atoms with van der Waals surface area (Å²) >= 11 is 1.44. The van der Waals surface area contributed by atoms with E-state index >= 15 is 0 Å². The number of carbonyl (C=O) groups excluding carboxylic acids is 1. The van der Waals surface area contributed by atoms with Crippen LogP contribution in [-0.4, -0.2) is 16.9 Å². The molecular weight excluding hydrogens is 282 g/mol. The van der Waals surface area contributed by atoms with Crippen LogP contribution in [0.4, 0.5) is 10.8 Å². The second-order valence-corrected chi connectivity index (χ2v) is 6.12. The van der Waals surface area contributed by atoms with Crippen LogP contribution >= 0.6 is 11.3 Å². The van der Waals surface area contributed by atoms with E-state index in [9.17, 15) is 4.79 Å². The third kappa shape index (κ3) is 4.04. The van der Waals surface area contributed by atoms with E-state index in [0.29, 0.717) is 5.69 Å². The van der Waals surface area contributed by atoms with Gasteiger partial charge in [-0.25, -0.2) is 4.98 Å². The van der Waals surface area contributed by atoms with Crippen LogP contribution in [0.25, 0.3) is 0 Å². The molecule has 0 saturated carbocycles. The Morgan fingerprint density at radius 3 is 2.81 bits per heavy atom. The molecule has 4 nitrogen and oxygen atoms in total. The molecular formula is C16H21N3OS. The fourth-order valence-corrected chi connectivity index (χ4v) is 2.61. The van der Waals surface area contributed by atoms with Crippen molar-refractivity contribution in [2.24, 2.45) is 0 Å². The van der Waals surface area contributed by atoms with Crippen LogP contribution in [0.2, 0.25) is 0 Å². The van der Waals surface area contributed by atoms with Gasteiger partial charge in [-0.2, -0.15) is 0 Å². The smallest absolute Gasteiger partial charge is 0.271 e. The summed E-state index contributed by atoms with van der Waals surface area (Å²) in [5, 5.41) is 8.70. The Balaban J connectivity index is 2.08. The largest absolute Gasteiger partial charge is 0.348 e. The Morgan fingerprint density at radius 1 is 1.38 bits per heavy atom. The second-order valence-electron chi connectivity index (χ2n) is 5.26. The third-order valence-corrected chi connectivity index (χ3v) is 4.11. The number of nitrogens with one attached hydrogen (secondary N) is 2. The molecule has 2 N–H and O–H groups in total. The summed E-state index contributed by atoms with van der Waals surface area (Å²) in [6.45, 7) is 8.15. The van der Waals surface area contributed by atoms with E-state index < -0.39 is 0 Å². The van der Waals surface area contributed by atoms with E-state index in [1.807, 2.05) is 19.9 Å². The molecule has 5 heteroatoms. The molecule has 0 saturated heterocycles. The minimum Gasteiger partial charge on any atom is -0.348 e. The number of aryl methyl sites for hydroxylation is 2. The Labute approximate surface area is 129 Å². The SMILES string of the molecule is CC[C@@H](C)NC(=O)c1csc(Nc2ccc(C)cc2C)n1. The molecule has 2 aromatic rings. The minimum absolute atomic E-state index is 0.116. The highest BCUT2D eigenvalue weighted by Crippen LogP contribution is 2.24. The molecule has 0 bridgehead atoms. The average molecular weight is 303 g/mol. The second kappa shape index (κ2) is 6.72. The van der Waals surface area contributed by atoms with Gasteiger partial charge in [0.2, 0.25) is 0 Å². The van der Waals surface area contributed by atoms with Crippen molar-refractivity contribution < 1.29 is 4.79 Å². The maximum absolute atomic E-state index is 12.0. The van der Waals surface area contributed by atoms with Crippen molar-refractivity contribution in [2.45, 2.75) is 40.2 Å². The molecule has 1 atom stereocenters. The van der Waals surface area contributed by atoms with Crippen LogP contribution in [0.3, 0.4) is 0 Å². The van der Waals surface area contributed by atoms with Gasteiger partial charge in [-0.15, -0.1) is 11.3 Å². The lowest BCUT2D eigenvalue weighted by Crippen LogP contribution is -2.32. The van der Waals surface area contributed by atoms with Crippen LogP contribution in [0.1, 0.15) is 41.9 Å². The zero-order valence-electron chi connectivity index (χ0n) is 12.9. The Kier molecular flexibility index (Phi) is 4.96. The molecule has 2 rings (SSSR count). The molecule has 1 amide bonds. The number of anilines is 2. The van der Waals surface area contributed by atoms with Gasteiger partial charge in [-0.3, -0.25) is 4.79 Å². The van der Waals surface area contributed by atoms with Gasteiger partial charge in [0.25, 0.3) is 5.91 Å². The minimum atomic E-state index is -0.116. The number of carbonyl (C=O) groups is 1. The molecule has 0 fully saturated rings. The maximum atomic E-state index is 12.0. The highest BCUT2D eigenvalue weighted by atomic mass is 32.1. The highest BCUT2D eigenvalue weighted by molar-refractivity contribution is 7.14. The van der Waals surface area contributed by atoms with Crippen molar-refractivity contribution in [3.8, 4) is 0 Å². The first-order chi connectivity index (χ1) is 9.99. The van der Waals surface area contributed by atoms with E-state index in [4.69, 9.17) is 0 Å². The molecule has 0 unspecified atom stereocenters. The van der Waals surface area contributed by atoms with Crippen molar-refractivity contribution in [1.29, 1.82) is 0 Å². The van der Waals surface area contributed by atoms with Gasteiger partial charge >= 0.3 is 0 Å². The van der Waals surface area contributed by atoms with E-state index in [0.717, 1.165) is 22.8 Å². The predicted octanol–water partition coefficient (Wildman–Crippen LogP) is 4.03. The zero-order valence-corrected chi connectivity index (χ0v) is 13.7. The van der Waals surface area contributed by atoms with E-state index in [2.05, 4.69) is 41.6 Å². The fraction of sp³-hybridized carbons (Fsp3) is 0.375. The monoisotopic (exact) mass is 303 g/mol. The van der Waals surface area contributed by atoms with Gasteiger partial charge in [-0.05, 0) is 38.8 Å². The lowest BCUT2D eigenvalue weighted by atomic mass is 10.1. The summed E-state index contributed by atoms with van der Waals surface area (Å²) in [6.07, 6.45) is 0.906. The first-order valence-electron chi connectivity index (χ1n) is 7.10. The lowest BCUT2D eigenvalue weighted by Gasteiger charge is -2.09. The van der Waals surface area contributed by atoms with Crippen molar-refractivity contribution in [2.75, 3.05) is 5.32 Å². The fourth-order valence-electron chi connectivity index (χ4n) is 1.90. The third-order valence-electron chi connectivity index (χ3n) is 3.35. The van der Waals surface area contributed by atoms with E-state index in [1.54, 1.807) is 5.38 Å². The number of hydrogen-bond donors (Lipinski definition) is 2. The molecule has 0 aliphatic rings. The average Bonchev–Trinajstić information content (AvgIpc) is 2.90. The van der Waals surface area contributed by atoms with Gasteiger partial charge in [0, 0.05) is 17.1 Å². The zero-order chi connectivity index (χ0) is 15.4. The maximum Gasteiger partial charge on any atom is 0.271 e. The van der Waals surface area contributed by atoms with E-state index in [1.165, 1.54) is 16.9 Å². The van der Waals surface area contributed by atoms with E-state index in [-0.39, 0.29) is 11.9 Å². The molecule has 0 aliphatic heterocycles. The quantitative estimate of drug-likeness (QED) is 0.876. The molecule has 0 radical (unpaired) electrons. The van der Waals surface area contributed by atoms with Gasteiger partial charge in [0.1, 0.15) is 5.69 Å². The molecule has 1 heterocycles. The Hall–Kier alpha value is -1.88. The van der Waals surface area contributed by atoms with Crippen LogP contribution in [0.15, 0.2) is 23.6 Å². The van der Waals surface area contributed by atoms with Gasteiger partial charge in [0.05, 0.1) is 0 Å². The standard InChI is InChI=1S/C16H21N3OS/c1-5-12(4)17-15(20)14-9-21-16(19-14)18-13-7-6-10(2)8-11(13)3/h6-9,12H,5H2,1-4H3,(H,17,20)(H,18,19)/t12-/m1/s1. The highest BCUT2D eigenvalue weighted by Gasteiger charge is 2.13. The van der Waals surface area contributed by atoms with Crippen molar-refractivity contribution in [3.05, 3.63) is 40.4 Å². The predicted molar refractivity (Wildman–Crippen MR) is 88.5 cm³/mol. The molecule has 0 spiro atoms. The van der Waals surface area contributed by atoms with Gasteiger partial charge in [0.15, 0.2) is 5.13 Å².